The van der Waals surface area contributed by atoms with Gasteiger partial charge in [-0.05, 0) is 42.9 Å². The zero-order valence-electron chi connectivity index (χ0n) is 10.7. The highest BCUT2D eigenvalue weighted by Gasteiger charge is 2.13. The molecule has 0 spiro atoms. The first-order chi connectivity index (χ1) is 7.58. The summed E-state index contributed by atoms with van der Waals surface area (Å²) in [6, 6.07) is 6.29. The van der Waals surface area contributed by atoms with Gasteiger partial charge in [-0.25, -0.2) is 0 Å². The molecule has 0 bridgehead atoms. The van der Waals surface area contributed by atoms with Crippen LogP contribution in [0.1, 0.15) is 31.9 Å². The molecule has 0 aliphatic heterocycles. The molecule has 0 saturated heterocycles. The van der Waals surface area contributed by atoms with Crippen LogP contribution in [-0.4, -0.2) is 18.3 Å². The number of aliphatic hydroxyl groups is 1. The zero-order chi connectivity index (χ0) is 12.1. The van der Waals surface area contributed by atoms with Gasteiger partial charge in [0.1, 0.15) is 5.75 Å². The van der Waals surface area contributed by atoms with Crippen molar-refractivity contribution < 1.29 is 9.84 Å². The fourth-order valence-corrected chi connectivity index (χ4v) is 1.73. The Morgan fingerprint density at radius 3 is 2.50 bits per heavy atom. The maximum absolute atomic E-state index is 9.53. The Morgan fingerprint density at radius 2 is 2.00 bits per heavy atom. The Kier molecular flexibility index (Phi) is 4.81. The molecule has 0 aromatic heterocycles. The zero-order valence-corrected chi connectivity index (χ0v) is 10.7. The minimum Gasteiger partial charge on any atom is -0.496 e. The quantitative estimate of drug-likeness (QED) is 0.830. The summed E-state index contributed by atoms with van der Waals surface area (Å²) in [7, 11) is 1.69. The molecule has 1 aromatic rings. The number of rotatable bonds is 5. The standard InChI is InChI=1S/C14H22O2/c1-5-12-6-7-14(16-4)13(9-12)8-10(2)11(3)15/h6-7,9-11,15H,5,8H2,1-4H3. The van der Waals surface area contributed by atoms with Crippen LogP contribution in [0.5, 0.6) is 5.75 Å². The molecule has 0 heterocycles. The van der Waals surface area contributed by atoms with Gasteiger partial charge in [0.05, 0.1) is 13.2 Å². The van der Waals surface area contributed by atoms with Crippen LogP contribution in [0.15, 0.2) is 18.2 Å². The van der Waals surface area contributed by atoms with Gasteiger partial charge >= 0.3 is 0 Å². The van der Waals surface area contributed by atoms with E-state index in [0.29, 0.717) is 0 Å². The summed E-state index contributed by atoms with van der Waals surface area (Å²) in [5.41, 5.74) is 2.50. The lowest BCUT2D eigenvalue weighted by atomic mass is 9.94. The lowest BCUT2D eigenvalue weighted by molar-refractivity contribution is 0.134. The molecule has 2 atom stereocenters. The van der Waals surface area contributed by atoms with E-state index in [1.165, 1.54) is 11.1 Å². The lowest BCUT2D eigenvalue weighted by Gasteiger charge is -2.17. The van der Waals surface area contributed by atoms with E-state index in [1.807, 2.05) is 13.0 Å². The van der Waals surface area contributed by atoms with Crippen molar-refractivity contribution >= 4 is 0 Å². The van der Waals surface area contributed by atoms with Crippen molar-refractivity contribution in [1.82, 2.24) is 0 Å². The maximum Gasteiger partial charge on any atom is 0.122 e. The minimum atomic E-state index is -0.282. The lowest BCUT2D eigenvalue weighted by Crippen LogP contribution is -2.16. The van der Waals surface area contributed by atoms with E-state index in [2.05, 4.69) is 26.0 Å². The van der Waals surface area contributed by atoms with Crippen molar-refractivity contribution in [1.29, 1.82) is 0 Å². The third-order valence-electron chi connectivity index (χ3n) is 3.12. The molecule has 0 radical (unpaired) electrons. The Morgan fingerprint density at radius 1 is 1.31 bits per heavy atom. The molecule has 0 fully saturated rings. The van der Waals surface area contributed by atoms with Gasteiger partial charge in [0.2, 0.25) is 0 Å². The largest absolute Gasteiger partial charge is 0.496 e. The van der Waals surface area contributed by atoms with E-state index in [-0.39, 0.29) is 12.0 Å². The van der Waals surface area contributed by atoms with Gasteiger partial charge in [-0.2, -0.15) is 0 Å². The Hall–Kier alpha value is -1.02. The van der Waals surface area contributed by atoms with E-state index in [1.54, 1.807) is 7.11 Å². The summed E-state index contributed by atoms with van der Waals surface area (Å²) in [6.45, 7) is 6.03. The van der Waals surface area contributed by atoms with Crippen LogP contribution in [0.2, 0.25) is 0 Å². The third kappa shape index (κ3) is 3.24. The highest BCUT2D eigenvalue weighted by Crippen LogP contribution is 2.24. The van der Waals surface area contributed by atoms with Gasteiger partial charge in [-0.3, -0.25) is 0 Å². The van der Waals surface area contributed by atoms with Crippen molar-refractivity contribution in [3.8, 4) is 5.75 Å². The fraction of sp³-hybridized carbons (Fsp3) is 0.571. The summed E-state index contributed by atoms with van der Waals surface area (Å²) in [4.78, 5) is 0. The Balaban J connectivity index is 2.91. The number of ether oxygens (including phenoxy) is 1. The average Bonchev–Trinajstić information content (AvgIpc) is 2.28. The normalized spacial score (nSPS) is 14.6. The monoisotopic (exact) mass is 222 g/mol. The highest BCUT2D eigenvalue weighted by molar-refractivity contribution is 5.37. The van der Waals surface area contributed by atoms with E-state index < -0.39 is 0 Å². The maximum atomic E-state index is 9.53. The van der Waals surface area contributed by atoms with Crippen molar-refractivity contribution in [2.24, 2.45) is 5.92 Å². The van der Waals surface area contributed by atoms with E-state index in [4.69, 9.17) is 4.74 Å². The summed E-state index contributed by atoms with van der Waals surface area (Å²) in [5.74, 6) is 1.17. The highest BCUT2D eigenvalue weighted by atomic mass is 16.5. The van der Waals surface area contributed by atoms with Crippen LogP contribution in [-0.2, 0) is 12.8 Å². The molecular formula is C14H22O2. The smallest absolute Gasteiger partial charge is 0.122 e. The van der Waals surface area contributed by atoms with E-state index in [9.17, 15) is 5.11 Å². The molecule has 2 unspecified atom stereocenters. The first-order valence-corrected chi connectivity index (χ1v) is 5.92. The summed E-state index contributed by atoms with van der Waals surface area (Å²) < 4.78 is 5.34. The van der Waals surface area contributed by atoms with Crippen LogP contribution >= 0.6 is 0 Å². The van der Waals surface area contributed by atoms with Crippen molar-refractivity contribution in [2.45, 2.75) is 39.7 Å². The first-order valence-electron chi connectivity index (χ1n) is 5.92. The van der Waals surface area contributed by atoms with Gasteiger partial charge in [0.25, 0.3) is 0 Å². The topological polar surface area (TPSA) is 29.5 Å². The summed E-state index contributed by atoms with van der Waals surface area (Å²) >= 11 is 0. The molecular weight excluding hydrogens is 200 g/mol. The van der Waals surface area contributed by atoms with Crippen molar-refractivity contribution in [3.63, 3.8) is 0 Å². The molecule has 1 rings (SSSR count). The predicted octanol–water partition coefficient (Wildman–Crippen LogP) is 2.82. The fourth-order valence-electron chi connectivity index (χ4n) is 1.73. The van der Waals surface area contributed by atoms with Crippen LogP contribution in [0.3, 0.4) is 0 Å². The molecule has 16 heavy (non-hydrogen) atoms. The van der Waals surface area contributed by atoms with Gasteiger partial charge in [-0.1, -0.05) is 26.0 Å². The molecule has 1 aromatic carbocycles. The van der Waals surface area contributed by atoms with Gasteiger partial charge < -0.3 is 9.84 Å². The molecule has 2 nitrogen and oxygen atoms in total. The van der Waals surface area contributed by atoms with Gasteiger partial charge in [-0.15, -0.1) is 0 Å². The molecule has 90 valence electrons. The second-order valence-electron chi connectivity index (χ2n) is 4.42. The number of aliphatic hydroxyl groups excluding tert-OH is 1. The van der Waals surface area contributed by atoms with E-state index in [0.717, 1.165) is 18.6 Å². The molecule has 0 aliphatic carbocycles. The van der Waals surface area contributed by atoms with Crippen LogP contribution in [0.4, 0.5) is 0 Å². The molecule has 0 aliphatic rings. The second-order valence-corrected chi connectivity index (χ2v) is 4.42. The third-order valence-corrected chi connectivity index (χ3v) is 3.12. The van der Waals surface area contributed by atoms with Crippen LogP contribution < -0.4 is 4.74 Å². The van der Waals surface area contributed by atoms with E-state index >= 15 is 0 Å². The van der Waals surface area contributed by atoms with Crippen LogP contribution in [0.25, 0.3) is 0 Å². The SMILES string of the molecule is CCc1ccc(OC)c(CC(C)C(C)O)c1. The molecule has 0 saturated carbocycles. The number of methoxy groups -OCH3 is 1. The Labute approximate surface area is 98.3 Å². The van der Waals surface area contributed by atoms with Crippen molar-refractivity contribution in [3.05, 3.63) is 29.3 Å². The second kappa shape index (κ2) is 5.90. The Bertz CT molecular complexity index is 332. The molecule has 1 N–H and O–H groups in total. The minimum absolute atomic E-state index is 0.251. The number of benzene rings is 1. The summed E-state index contributed by atoms with van der Waals surface area (Å²) in [5, 5.41) is 9.53. The number of aryl methyl sites for hydroxylation is 1. The summed E-state index contributed by atoms with van der Waals surface area (Å²) in [6.07, 6.45) is 1.60. The van der Waals surface area contributed by atoms with Crippen molar-refractivity contribution in [2.75, 3.05) is 7.11 Å². The van der Waals surface area contributed by atoms with Gasteiger partial charge in [0.15, 0.2) is 0 Å². The number of hydrogen-bond donors (Lipinski definition) is 1. The molecule has 2 heteroatoms. The average molecular weight is 222 g/mol. The number of hydrogen-bond acceptors (Lipinski definition) is 2. The predicted molar refractivity (Wildman–Crippen MR) is 66.9 cm³/mol. The van der Waals surface area contributed by atoms with Gasteiger partial charge in [0, 0.05) is 0 Å². The van der Waals surface area contributed by atoms with Crippen LogP contribution in [0, 0.1) is 5.92 Å². The first kappa shape index (κ1) is 13.0. The molecule has 0 amide bonds.